The van der Waals surface area contributed by atoms with Gasteiger partial charge in [0.2, 0.25) is 5.91 Å². The normalized spacial score (nSPS) is 10.2. The molecule has 0 unspecified atom stereocenters. The minimum Gasteiger partial charge on any atom is -0.355 e. The molecular formula is C11H14BrFN2O. The van der Waals surface area contributed by atoms with Gasteiger partial charge >= 0.3 is 0 Å². The minimum atomic E-state index is -0.263. The van der Waals surface area contributed by atoms with Crippen molar-refractivity contribution in [2.75, 3.05) is 13.1 Å². The Labute approximate surface area is 103 Å². The van der Waals surface area contributed by atoms with Crippen LogP contribution in [0.15, 0.2) is 22.7 Å². The summed E-state index contributed by atoms with van der Waals surface area (Å²) in [6, 6.07) is 5.01. The predicted octanol–water partition coefficient (Wildman–Crippen LogP) is 1.81. The lowest BCUT2D eigenvalue weighted by molar-refractivity contribution is -0.118. The first kappa shape index (κ1) is 13.1. The highest BCUT2D eigenvalue weighted by molar-refractivity contribution is 9.10. The zero-order valence-corrected chi connectivity index (χ0v) is 10.6. The number of rotatable bonds is 5. The summed E-state index contributed by atoms with van der Waals surface area (Å²) in [6.07, 6.45) is 0. The van der Waals surface area contributed by atoms with Crippen LogP contribution in [0.1, 0.15) is 12.5 Å². The van der Waals surface area contributed by atoms with Gasteiger partial charge in [0.25, 0.3) is 0 Å². The van der Waals surface area contributed by atoms with Crippen LogP contribution in [0.5, 0.6) is 0 Å². The average Bonchev–Trinajstić information content (AvgIpc) is 2.22. The molecule has 0 atom stereocenters. The Morgan fingerprint density at radius 1 is 1.44 bits per heavy atom. The quantitative estimate of drug-likeness (QED) is 0.812. The van der Waals surface area contributed by atoms with Crippen molar-refractivity contribution in [2.24, 2.45) is 0 Å². The number of halogens is 2. The summed E-state index contributed by atoms with van der Waals surface area (Å²) in [5, 5.41) is 5.78. The number of hydrogen-bond acceptors (Lipinski definition) is 2. The van der Waals surface area contributed by atoms with Crippen molar-refractivity contribution in [3.8, 4) is 0 Å². The Kier molecular flexibility index (Phi) is 5.42. The Morgan fingerprint density at radius 2 is 2.19 bits per heavy atom. The van der Waals surface area contributed by atoms with Gasteiger partial charge in [0.05, 0.1) is 4.47 Å². The zero-order chi connectivity index (χ0) is 12.0. The van der Waals surface area contributed by atoms with Gasteiger partial charge in [0.1, 0.15) is 5.82 Å². The molecular weight excluding hydrogens is 275 g/mol. The van der Waals surface area contributed by atoms with Crippen molar-refractivity contribution in [3.63, 3.8) is 0 Å². The summed E-state index contributed by atoms with van der Waals surface area (Å²) in [6.45, 7) is 3.31. The Morgan fingerprint density at radius 3 is 2.81 bits per heavy atom. The molecule has 0 radical (unpaired) electrons. The molecule has 0 spiro atoms. The predicted molar refractivity (Wildman–Crippen MR) is 64.5 cm³/mol. The molecule has 1 rings (SSSR count). The van der Waals surface area contributed by atoms with Gasteiger partial charge in [-0.3, -0.25) is 4.79 Å². The van der Waals surface area contributed by atoms with Crippen LogP contribution in [0.25, 0.3) is 0 Å². The number of carbonyl (C=O) groups excluding carboxylic acids is 1. The van der Waals surface area contributed by atoms with Gasteiger partial charge in [0.15, 0.2) is 0 Å². The Bertz CT molecular complexity index is 371. The molecule has 16 heavy (non-hydrogen) atoms. The molecule has 0 aromatic heterocycles. The lowest BCUT2D eigenvalue weighted by Crippen LogP contribution is -2.29. The second-order valence-corrected chi connectivity index (χ2v) is 4.26. The van der Waals surface area contributed by atoms with E-state index in [4.69, 9.17) is 0 Å². The van der Waals surface area contributed by atoms with E-state index in [0.717, 1.165) is 5.56 Å². The topological polar surface area (TPSA) is 41.1 Å². The second kappa shape index (κ2) is 6.60. The number of hydrogen-bond donors (Lipinski definition) is 2. The van der Waals surface area contributed by atoms with E-state index in [1.54, 1.807) is 6.07 Å². The van der Waals surface area contributed by atoms with E-state index in [9.17, 15) is 9.18 Å². The highest BCUT2D eigenvalue weighted by atomic mass is 79.9. The molecule has 0 saturated heterocycles. The first-order chi connectivity index (χ1) is 7.59. The van der Waals surface area contributed by atoms with Crippen LogP contribution in [-0.4, -0.2) is 19.0 Å². The molecule has 0 aliphatic carbocycles. The van der Waals surface area contributed by atoms with Crippen LogP contribution < -0.4 is 10.6 Å². The molecule has 0 aliphatic rings. The van der Waals surface area contributed by atoms with Crippen molar-refractivity contribution in [3.05, 3.63) is 34.1 Å². The Balaban J connectivity index is 2.27. The Hall–Kier alpha value is -0.940. The van der Waals surface area contributed by atoms with E-state index in [0.29, 0.717) is 24.1 Å². The molecule has 1 amide bonds. The molecule has 0 bridgehead atoms. The highest BCUT2D eigenvalue weighted by Gasteiger charge is 2.00. The molecule has 0 heterocycles. The van der Waals surface area contributed by atoms with Gasteiger partial charge in [-0.1, -0.05) is 6.07 Å². The fourth-order valence-corrected chi connectivity index (χ4v) is 1.46. The maximum Gasteiger partial charge on any atom is 0.216 e. The standard InChI is InChI=1S/C11H14BrFN2O/c1-8(16)15-5-4-14-7-9-2-3-10(12)11(13)6-9/h2-3,6,14H,4-5,7H2,1H3,(H,15,16). The van der Waals surface area contributed by atoms with E-state index >= 15 is 0 Å². The summed E-state index contributed by atoms with van der Waals surface area (Å²) < 4.78 is 13.6. The molecule has 88 valence electrons. The minimum absolute atomic E-state index is 0.0449. The summed E-state index contributed by atoms with van der Waals surface area (Å²) in [4.78, 5) is 10.6. The van der Waals surface area contributed by atoms with Crippen LogP contribution in [0.4, 0.5) is 4.39 Å². The first-order valence-electron chi connectivity index (χ1n) is 4.98. The summed E-state index contributed by atoms with van der Waals surface area (Å²) in [7, 11) is 0. The number of benzene rings is 1. The van der Waals surface area contributed by atoms with Gasteiger partial charge in [-0.05, 0) is 33.6 Å². The van der Waals surface area contributed by atoms with E-state index in [1.165, 1.54) is 13.0 Å². The second-order valence-electron chi connectivity index (χ2n) is 3.41. The van der Waals surface area contributed by atoms with Crippen LogP contribution in [0.3, 0.4) is 0 Å². The number of amides is 1. The van der Waals surface area contributed by atoms with Crippen LogP contribution in [0.2, 0.25) is 0 Å². The molecule has 0 fully saturated rings. The fraction of sp³-hybridized carbons (Fsp3) is 0.364. The molecule has 0 aliphatic heterocycles. The largest absolute Gasteiger partial charge is 0.355 e. The van der Waals surface area contributed by atoms with Gasteiger partial charge < -0.3 is 10.6 Å². The highest BCUT2D eigenvalue weighted by Crippen LogP contribution is 2.15. The van der Waals surface area contributed by atoms with Crippen molar-refractivity contribution in [2.45, 2.75) is 13.5 Å². The maximum atomic E-state index is 13.1. The third kappa shape index (κ3) is 4.72. The van der Waals surface area contributed by atoms with E-state index < -0.39 is 0 Å². The van der Waals surface area contributed by atoms with Crippen LogP contribution in [0, 0.1) is 5.82 Å². The lowest BCUT2D eigenvalue weighted by atomic mass is 10.2. The van der Waals surface area contributed by atoms with Crippen LogP contribution >= 0.6 is 15.9 Å². The van der Waals surface area contributed by atoms with Crippen LogP contribution in [-0.2, 0) is 11.3 Å². The molecule has 5 heteroatoms. The fourth-order valence-electron chi connectivity index (χ4n) is 1.21. The third-order valence-corrected chi connectivity index (χ3v) is 2.63. The van der Waals surface area contributed by atoms with Gasteiger partial charge in [-0.2, -0.15) is 0 Å². The van der Waals surface area contributed by atoms with Crippen molar-refractivity contribution < 1.29 is 9.18 Å². The summed E-state index contributed by atoms with van der Waals surface area (Å²) >= 11 is 3.10. The van der Waals surface area contributed by atoms with Crippen molar-refractivity contribution in [1.82, 2.24) is 10.6 Å². The SMILES string of the molecule is CC(=O)NCCNCc1ccc(Br)c(F)c1. The number of nitrogens with one attached hydrogen (secondary N) is 2. The smallest absolute Gasteiger partial charge is 0.216 e. The van der Waals surface area contributed by atoms with Gasteiger partial charge in [0, 0.05) is 26.6 Å². The average molecular weight is 289 g/mol. The first-order valence-corrected chi connectivity index (χ1v) is 5.78. The van der Waals surface area contributed by atoms with Crippen molar-refractivity contribution in [1.29, 1.82) is 0 Å². The van der Waals surface area contributed by atoms with Gasteiger partial charge in [-0.15, -0.1) is 0 Å². The van der Waals surface area contributed by atoms with E-state index in [2.05, 4.69) is 26.6 Å². The number of carbonyl (C=O) groups is 1. The van der Waals surface area contributed by atoms with E-state index in [1.807, 2.05) is 6.07 Å². The summed E-state index contributed by atoms with van der Waals surface area (Å²) in [5.74, 6) is -0.308. The monoisotopic (exact) mass is 288 g/mol. The molecule has 0 saturated carbocycles. The zero-order valence-electron chi connectivity index (χ0n) is 9.02. The lowest BCUT2D eigenvalue weighted by Gasteiger charge is -2.06. The molecule has 1 aromatic carbocycles. The molecule has 2 N–H and O–H groups in total. The molecule has 3 nitrogen and oxygen atoms in total. The van der Waals surface area contributed by atoms with E-state index in [-0.39, 0.29) is 11.7 Å². The molecule has 1 aromatic rings. The van der Waals surface area contributed by atoms with Gasteiger partial charge in [-0.25, -0.2) is 4.39 Å². The third-order valence-electron chi connectivity index (χ3n) is 1.99. The maximum absolute atomic E-state index is 13.1. The summed E-state index contributed by atoms with van der Waals surface area (Å²) in [5.41, 5.74) is 0.878. The van der Waals surface area contributed by atoms with Crippen molar-refractivity contribution >= 4 is 21.8 Å².